The predicted molar refractivity (Wildman–Crippen MR) is 38.9 cm³/mol. The summed E-state index contributed by atoms with van der Waals surface area (Å²) in [5.74, 6) is 0.884. The van der Waals surface area contributed by atoms with Crippen LogP contribution < -0.4 is 0 Å². The van der Waals surface area contributed by atoms with Crippen molar-refractivity contribution in [1.82, 2.24) is 0 Å². The summed E-state index contributed by atoms with van der Waals surface area (Å²) in [6.45, 7) is 0. The van der Waals surface area contributed by atoms with Crippen molar-refractivity contribution in [2.45, 2.75) is 19.3 Å². The molecule has 0 aromatic carbocycles. The van der Waals surface area contributed by atoms with Crippen LogP contribution in [0.1, 0.15) is 19.3 Å². The van der Waals surface area contributed by atoms with E-state index in [4.69, 9.17) is 0 Å². The second kappa shape index (κ2) is 3.57. The molecule has 0 saturated heterocycles. The van der Waals surface area contributed by atoms with Crippen LogP contribution in [0.25, 0.3) is 0 Å². The molecule has 2 aliphatic carbocycles. The van der Waals surface area contributed by atoms with Gasteiger partial charge in [-0.1, -0.05) is 6.42 Å². The van der Waals surface area contributed by atoms with Crippen LogP contribution in [0, 0.1) is 12.3 Å². The standard InChI is InChI=1S/C9H11.Zr/c1-2-5-9-7-3-6-8(9)4-1;/h1-2,4,6,9H,3,5,7H2;/q-1;. The van der Waals surface area contributed by atoms with Gasteiger partial charge in [-0.25, -0.2) is 18.1 Å². The van der Waals surface area contributed by atoms with Crippen molar-refractivity contribution < 1.29 is 26.2 Å². The van der Waals surface area contributed by atoms with Gasteiger partial charge in [-0.15, -0.1) is 18.6 Å². The van der Waals surface area contributed by atoms with Crippen LogP contribution >= 0.6 is 0 Å². The van der Waals surface area contributed by atoms with Gasteiger partial charge in [0, 0.05) is 26.2 Å². The van der Waals surface area contributed by atoms with Crippen LogP contribution in [-0.2, 0) is 26.2 Å². The van der Waals surface area contributed by atoms with E-state index in [1.54, 1.807) is 5.57 Å². The molecule has 1 unspecified atom stereocenters. The van der Waals surface area contributed by atoms with Crippen molar-refractivity contribution in [3.8, 4) is 0 Å². The van der Waals surface area contributed by atoms with Crippen molar-refractivity contribution in [3.63, 3.8) is 0 Å². The molecule has 0 amide bonds. The Morgan fingerprint density at radius 1 is 1.50 bits per heavy atom. The fourth-order valence-corrected chi connectivity index (χ4v) is 1.66. The van der Waals surface area contributed by atoms with Crippen LogP contribution in [0.15, 0.2) is 23.8 Å². The molecule has 52 valence electrons. The summed E-state index contributed by atoms with van der Waals surface area (Å²) in [6.07, 6.45) is 13.0. The molecule has 2 rings (SSSR count). The topological polar surface area (TPSA) is 0 Å². The molecule has 0 heterocycles. The predicted octanol–water partition coefficient (Wildman–Crippen LogP) is 2.48. The molecule has 0 aromatic heterocycles. The molecule has 2 aliphatic rings. The molecule has 0 aliphatic heterocycles. The Hall–Kier alpha value is 0.233. The molecule has 1 saturated carbocycles. The minimum Gasteiger partial charge on any atom is -0.227 e. The summed E-state index contributed by atoms with van der Waals surface area (Å²) in [6, 6.07) is 0. The Bertz CT molecular complexity index is 168. The van der Waals surface area contributed by atoms with Gasteiger partial charge in [0.1, 0.15) is 0 Å². The second-order valence-electron chi connectivity index (χ2n) is 2.81. The molecule has 1 atom stereocenters. The number of hydrogen-bond donors (Lipinski definition) is 0. The van der Waals surface area contributed by atoms with E-state index in [1.165, 1.54) is 19.3 Å². The molecule has 0 aromatic rings. The maximum Gasteiger partial charge on any atom is 0 e. The van der Waals surface area contributed by atoms with E-state index in [0.29, 0.717) is 0 Å². The Morgan fingerprint density at radius 3 is 3.20 bits per heavy atom. The van der Waals surface area contributed by atoms with Crippen molar-refractivity contribution in [3.05, 3.63) is 30.2 Å². The zero-order chi connectivity index (χ0) is 6.10. The molecule has 10 heavy (non-hydrogen) atoms. The van der Waals surface area contributed by atoms with Gasteiger partial charge in [-0.3, -0.25) is 0 Å². The second-order valence-corrected chi connectivity index (χ2v) is 2.81. The fourth-order valence-electron chi connectivity index (χ4n) is 1.66. The summed E-state index contributed by atoms with van der Waals surface area (Å²) in [7, 11) is 0. The van der Waals surface area contributed by atoms with Crippen LogP contribution in [0.2, 0.25) is 0 Å². The molecule has 0 nitrogen and oxygen atoms in total. The van der Waals surface area contributed by atoms with Gasteiger partial charge >= 0.3 is 0 Å². The van der Waals surface area contributed by atoms with Gasteiger partial charge in [-0.05, 0) is 12.3 Å². The van der Waals surface area contributed by atoms with Crippen molar-refractivity contribution in [1.29, 1.82) is 0 Å². The Morgan fingerprint density at radius 2 is 2.40 bits per heavy atom. The van der Waals surface area contributed by atoms with E-state index in [0.717, 1.165) is 5.92 Å². The summed E-state index contributed by atoms with van der Waals surface area (Å²) < 4.78 is 0. The maximum atomic E-state index is 2.37. The third-order valence-corrected chi connectivity index (χ3v) is 2.21. The zero-order valence-electron chi connectivity index (χ0n) is 6.01. The van der Waals surface area contributed by atoms with E-state index in [2.05, 4.69) is 24.6 Å². The van der Waals surface area contributed by atoms with E-state index in [-0.39, 0.29) is 26.2 Å². The first-order valence-corrected chi connectivity index (χ1v) is 3.67. The van der Waals surface area contributed by atoms with Gasteiger partial charge in [0.2, 0.25) is 0 Å². The van der Waals surface area contributed by atoms with Crippen molar-refractivity contribution >= 4 is 0 Å². The van der Waals surface area contributed by atoms with Gasteiger partial charge < -0.3 is 0 Å². The van der Waals surface area contributed by atoms with E-state index in [1.807, 2.05) is 0 Å². The molecule has 0 N–H and O–H groups in total. The average molecular weight is 210 g/mol. The quantitative estimate of drug-likeness (QED) is 0.539. The molecule has 1 fully saturated rings. The van der Waals surface area contributed by atoms with Crippen LogP contribution in [0.5, 0.6) is 0 Å². The Kier molecular flexibility index (Phi) is 2.98. The SMILES string of the molecule is C1=CCC2CC[CH-]C2=C1.[Zr]. The fraction of sp³-hybridized carbons (Fsp3) is 0.444. The number of hydrogen-bond acceptors (Lipinski definition) is 0. The largest absolute Gasteiger partial charge is 0.227 e. The first-order valence-electron chi connectivity index (χ1n) is 3.67. The minimum atomic E-state index is 0. The third kappa shape index (κ3) is 1.45. The summed E-state index contributed by atoms with van der Waals surface area (Å²) >= 11 is 0. The van der Waals surface area contributed by atoms with Crippen molar-refractivity contribution in [2.24, 2.45) is 5.92 Å². The van der Waals surface area contributed by atoms with Crippen LogP contribution in [-0.4, -0.2) is 0 Å². The average Bonchev–Trinajstić information content (AvgIpc) is 2.33. The molecular formula is C9H11Zr-. The monoisotopic (exact) mass is 209 g/mol. The van der Waals surface area contributed by atoms with Crippen LogP contribution in [0.3, 0.4) is 0 Å². The van der Waals surface area contributed by atoms with Gasteiger partial charge in [0.05, 0.1) is 0 Å². The Balaban J connectivity index is 0.000000500. The minimum absolute atomic E-state index is 0. The first-order chi connectivity index (χ1) is 4.47. The first kappa shape index (κ1) is 8.33. The third-order valence-electron chi connectivity index (χ3n) is 2.21. The smallest absolute Gasteiger partial charge is 0 e. The van der Waals surface area contributed by atoms with Gasteiger partial charge in [0.25, 0.3) is 0 Å². The van der Waals surface area contributed by atoms with Crippen molar-refractivity contribution in [2.75, 3.05) is 0 Å². The van der Waals surface area contributed by atoms with Gasteiger partial charge in [-0.2, -0.15) is 0 Å². The van der Waals surface area contributed by atoms with Gasteiger partial charge in [0.15, 0.2) is 0 Å². The Labute approximate surface area is 81.5 Å². The van der Waals surface area contributed by atoms with Crippen LogP contribution in [0.4, 0.5) is 0 Å². The molecular weight excluding hydrogens is 199 g/mol. The number of rotatable bonds is 0. The molecule has 1 heteroatoms. The maximum absolute atomic E-state index is 2.37. The zero-order valence-corrected chi connectivity index (χ0v) is 8.47. The number of allylic oxidation sites excluding steroid dienone is 4. The summed E-state index contributed by atoms with van der Waals surface area (Å²) in [4.78, 5) is 0. The normalized spacial score (nSPS) is 28.0. The molecule has 0 radical (unpaired) electrons. The van der Waals surface area contributed by atoms with E-state index >= 15 is 0 Å². The molecule has 0 spiro atoms. The van der Waals surface area contributed by atoms with E-state index in [9.17, 15) is 0 Å². The number of fused-ring (bicyclic) bond motifs is 1. The van der Waals surface area contributed by atoms with E-state index < -0.39 is 0 Å². The molecule has 0 bridgehead atoms. The summed E-state index contributed by atoms with van der Waals surface area (Å²) in [5, 5.41) is 0. The summed E-state index contributed by atoms with van der Waals surface area (Å²) in [5.41, 5.74) is 1.58.